The molecule has 7 heteroatoms. The van der Waals surface area contributed by atoms with E-state index in [4.69, 9.17) is 9.84 Å². The zero-order valence-electron chi connectivity index (χ0n) is 11.4. The van der Waals surface area contributed by atoms with Crippen molar-refractivity contribution >= 4 is 5.91 Å². The van der Waals surface area contributed by atoms with E-state index in [2.05, 4.69) is 11.9 Å². The maximum atomic E-state index is 12.7. The topological polar surface area (TPSA) is 58.6 Å². The highest BCUT2D eigenvalue weighted by atomic mass is 19.4. The van der Waals surface area contributed by atoms with Gasteiger partial charge >= 0.3 is 6.18 Å². The van der Waals surface area contributed by atoms with Gasteiger partial charge in [-0.05, 0) is 25.1 Å². The molecule has 1 atom stereocenters. The maximum absolute atomic E-state index is 12.7. The summed E-state index contributed by atoms with van der Waals surface area (Å²) < 4.78 is 43.3. The van der Waals surface area contributed by atoms with Crippen LogP contribution in [-0.4, -0.2) is 30.3 Å². The number of carbonyl (C=O) groups excluding carboxylic acids is 1. The number of halogens is 3. The maximum Gasteiger partial charge on any atom is 0.416 e. The minimum Gasteiger partial charge on any atom is -0.489 e. The van der Waals surface area contributed by atoms with E-state index in [-0.39, 0.29) is 24.5 Å². The van der Waals surface area contributed by atoms with Crippen LogP contribution < -0.4 is 10.1 Å². The summed E-state index contributed by atoms with van der Waals surface area (Å²) in [6, 6.07) is 2.64. The van der Waals surface area contributed by atoms with E-state index in [1.165, 1.54) is 13.0 Å². The van der Waals surface area contributed by atoms with E-state index in [0.717, 1.165) is 18.2 Å². The summed E-state index contributed by atoms with van der Waals surface area (Å²) in [6.07, 6.45) is -3.96. The first-order chi connectivity index (χ1) is 9.75. The summed E-state index contributed by atoms with van der Waals surface area (Å²) in [5, 5.41) is 11.4. The minimum atomic E-state index is -4.56. The molecule has 0 aliphatic rings. The number of hydrogen-bond acceptors (Lipinski definition) is 3. The Morgan fingerprint density at radius 1 is 1.52 bits per heavy atom. The Morgan fingerprint density at radius 3 is 2.71 bits per heavy atom. The third-order valence-electron chi connectivity index (χ3n) is 2.47. The van der Waals surface area contributed by atoms with E-state index in [1.54, 1.807) is 0 Å². The molecule has 116 valence electrons. The molecule has 0 saturated carbocycles. The lowest BCUT2D eigenvalue weighted by Crippen LogP contribution is -2.31. The monoisotopic (exact) mass is 303 g/mol. The van der Waals surface area contributed by atoms with Gasteiger partial charge < -0.3 is 15.2 Å². The Kier molecular flexibility index (Phi) is 5.78. The average Bonchev–Trinajstić information content (AvgIpc) is 2.41. The summed E-state index contributed by atoms with van der Waals surface area (Å²) in [7, 11) is 0. The Balaban J connectivity index is 3.09. The third kappa shape index (κ3) is 5.11. The Hall–Kier alpha value is -2.02. The van der Waals surface area contributed by atoms with Gasteiger partial charge in [-0.25, -0.2) is 0 Å². The molecule has 1 unspecified atom stereocenters. The largest absolute Gasteiger partial charge is 0.489 e. The summed E-state index contributed by atoms with van der Waals surface area (Å²) in [5.74, 6) is -0.730. The van der Waals surface area contributed by atoms with Crippen LogP contribution >= 0.6 is 0 Å². The minimum absolute atomic E-state index is 0.0194. The van der Waals surface area contributed by atoms with Crippen molar-refractivity contribution in [2.45, 2.75) is 19.2 Å². The third-order valence-corrected chi connectivity index (χ3v) is 2.47. The van der Waals surface area contributed by atoms with Crippen molar-refractivity contribution in [3.8, 4) is 5.75 Å². The fourth-order valence-corrected chi connectivity index (χ4v) is 1.49. The van der Waals surface area contributed by atoms with E-state index < -0.39 is 23.8 Å². The first kappa shape index (κ1) is 17.0. The lowest BCUT2D eigenvalue weighted by Gasteiger charge is -2.14. The van der Waals surface area contributed by atoms with Crippen LogP contribution in [0.25, 0.3) is 0 Å². The van der Waals surface area contributed by atoms with E-state index >= 15 is 0 Å². The number of aliphatic hydroxyl groups excluding tert-OH is 1. The zero-order valence-corrected chi connectivity index (χ0v) is 11.4. The van der Waals surface area contributed by atoms with Crippen LogP contribution in [0.2, 0.25) is 0 Å². The normalized spacial score (nSPS) is 12.6. The van der Waals surface area contributed by atoms with Crippen molar-refractivity contribution in [3.05, 3.63) is 42.0 Å². The molecule has 0 aliphatic heterocycles. The molecule has 1 rings (SSSR count). The Morgan fingerprint density at radius 2 is 2.19 bits per heavy atom. The Labute approximate surface area is 120 Å². The van der Waals surface area contributed by atoms with Crippen LogP contribution in [0.1, 0.15) is 22.8 Å². The van der Waals surface area contributed by atoms with Crippen molar-refractivity contribution in [2.75, 3.05) is 13.2 Å². The van der Waals surface area contributed by atoms with Gasteiger partial charge in [-0.1, -0.05) is 12.7 Å². The fourth-order valence-electron chi connectivity index (χ4n) is 1.49. The van der Waals surface area contributed by atoms with Crippen LogP contribution in [0.5, 0.6) is 5.75 Å². The van der Waals surface area contributed by atoms with Crippen molar-refractivity contribution in [1.29, 1.82) is 0 Å². The molecule has 0 radical (unpaired) electrons. The SMILES string of the molecule is C=CCOc1ccc(C(F)(F)F)cc1C(=O)NCC(C)O. The Bertz CT molecular complexity index is 513. The van der Waals surface area contributed by atoms with Crippen molar-refractivity contribution < 1.29 is 27.8 Å². The molecule has 4 nitrogen and oxygen atoms in total. The molecule has 1 amide bonds. The lowest BCUT2D eigenvalue weighted by molar-refractivity contribution is -0.137. The first-order valence-corrected chi connectivity index (χ1v) is 6.17. The molecule has 21 heavy (non-hydrogen) atoms. The van der Waals surface area contributed by atoms with Crippen LogP contribution in [0.3, 0.4) is 0 Å². The van der Waals surface area contributed by atoms with Gasteiger partial charge in [0.15, 0.2) is 0 Å². The summed E-state index contributed by atoms with van der Waals surface area (Å²) in [5.41, 5.74) is -1.19. The second kappa shape index (κ2) is 7.12. The number of carbonyl (C=O) groups is 1. The molecule has 0 fully saturated rings. The standard InChI is InChI=1S/C14H16F3NO3/c1-3-6-21-12-5-4-10(14(15,16)17)7-11(12)13(20)18-8-9(2)19/h3-5,7,9,19H,1,6,8H2,2H3,(H,18,20). The number of hydrogen-bond donors (Lipinski definition) is 2. The highest BCUT2D eigenvalue weighted by Gasteiger charge is 2.32. The predicted octanol–water partition coefficient (Wildman–Crippen LogP) is 2.38. The van der Waals surface area contributed by atoms with Crippen molar-refractivity contribution in [3.63, 3.8) is 0 Å². The smallest absolute Gasteiger partial charge is 0.416 e. The van der Waals surface area contributed by atoms with Crippen LogP contribution in [0, 0.1) is 0 Å². The number of benzene rings is 1. The zero-order chi connectivity index (χ0) is 16.0. The number of ether oxygens (including phenoxy) is 1. The molecule has 1 aromatic carbocycles. The van der Waals surface area contributed by atoms with E-state index in [1.807, 2.05) is 0 Å². The van der Waals surface area contributed by atoms with E-state index in [0.29, 0.717) is 0 Å². The van der Waals surface area contributed by atoms with Crippen LogP contribution in [0.4, 0.5) is 13.2 Å². The quantitative estimate of drug-likeness (QED) is 0.793. The number of amides is 1. The van der Waals surface area contributed by atoms with Gasteiger partial charge in [0.25, 0.3) is 5.91 Å². The molecule has 0 spiro atoms. The van der Waals surface area contributed by atoms with Crippen LogP contribution in [0.15, 0.2) is 30.9 Å². The molecule has 2 N–H and O–H groups in total. The average molecular weight is 303 g/mol. The number of aliphatic hydroxyl groups is 1. The molecule has 0 heterocycles. The van der Waals surface area contributed by atoms with E-state index in [9.17, 15) is 18.0 Å². The van der Waals surface area contributed by atoms with Gasteiger partial charge in [0.05, 0.1) is 17.2 Å². The molecule has 1 aromatic rings. The van der Waals surface area contributed by atoms with Crippen molar-refractivity contribution in [2.24, 2.45) is 0 Å². The molecule has 0 saturated heterocycles. The number of alkyl halides is 3. The lowest BCUT2D eigenvalue weighted by atomic mass is 10.1. The second-order valence-corrected chi connectivity index (χ2v) is 4.37. The fraction of sp³-hybridized carbons (Fsp3) is 0.357. The van der Waals surface area contributed by atoms with Gasteiger partial charge in [-0.3, -0.25) is 4.79 Å². The van der Waals surface area contributed by atoms with Gasteiger partial charge in [-0.2, -0.15) is 13.2 Å². The van der Waals surface area contributed by atoms with Crippen molar-refractivity contribution in [1.82, 2.24) is 5.32 Å². The molecular weight excluding hydrogens is 287 g/mol. The van der Waals surface area contributed by atoms with Gasteiger partial charge in [-0.15, -0.1) is 0 Å². The first-order valence-electron chi connectivity index (χ1n) is 6.17. The summed E-state index contributed by atoms with van der Waals surface area (Å²) >= 11 is 0. The van der Waals surface area contributed by atoms with Gasteiger partial charge in [0.1, 0.15) is 12.4 Å². The van der Waals surface area contributed by atoms with Gasteiger partial charge in [0.2, 0.25) is 0 Å². The molecular formula is C14H16F3NO3. The predicted molar refractivity (Wildman–Crippen MR) is 71.2 cm³/mol. The highest BCUT2D eigenvalue weighted by molar-refractivity contribution is 5.97. The number of rotatable bonds is 6. The highest BCUT2D eigenvalue weighted by Crippen LogP contribution is 2.32. The molecule has 0 aromatic heterocycles. The van der Waals surface area contributed by atoms with Crippen LogP contribution in [-0.2, 0) is 6.18 Å². The van der Waals surface area contributed by atoms with Gasteiger partial charge in [0, 0.05) is 6.54 Å². The molecule has 0 bridgehead atoms. The summed E-state index contributed by atoms with van der Waals surface area (Å²) in [4.78, 5) is 11.9. The number of nitrogens with one attached hydrogen (secondary N) is 1. The summed E-state index contributed by atoms with van der Waals surface area (Å²) in [6.45, 7) is 4.86. The second-order valence-electron chi connectivity index (χ2n) is 4.37. The molecule has 0 aliphatic carbocycles.